The molecule has 6 nitrogen and oxygen atoms in total. The van der Waals surface area contributed by atoms with Gasteiger partial charge in [-0.2, -0.15) is 5.10 Å². The quantitative estimate of drug-likeness (QED) is 0.578. The van der Waals surface area contributed by atoms with Crippen LogP contribution < -0.4 is 5.44 Å². The number of hydrogen-bond acceptors (Lipinski definition) is 5. The molecule has 9 heteroatoms. The predicted octanol–water partition coefficient (Wildman–Crippen LogP) is 1.39. The van der Waals surface area contributed by atoms with Crippen molar-refractivity contribution >= 4 is 26.0 Å². The molecule has 0 radical (unpaired) electrons. The first kappa shape index (κ1) is 18.0. The summed E-state index contributed by atoms with van der Waals surface area (Å²) in [5, 5.41) is 4.20. The summed E-state index contributed by atoms with van der Waals surface area (Å²) in [7, 11) is 2.81. The third-order valence-electron chi connectivity index (χ3n) is 3.08. The molecular formula is C15H15F2N2O4P. The maximum Gasteiger partial charge on any atom is 0.344 e. The smallest absolute Gasteiger partial charge is 0.344 e. The zero-order valence-electron chi connectivity index (χ0n) is 13.0. The van der Waals surface area contributed by atoms with Crippen molar-refractivity contribution in [2.24, 2.45) is 7.05 Å². The Kier molecular flexibility index (Phi) is 5.98. The number of nitrogens with zero attached hydrogens (tertiary/aromatic N) is 2. The molecule has 0 fully saturated rings. The molecule has 0 aliphatic heterocycles. The number of esters is 2. The number of rotatable bonds is 6. The Morgan fingerprint density at radius 1 is 1.25 bits per heavy atom. The van der Waals surface area contributed by atoms with Crippen molar-refractivity contribution in [3.8, 4) is 11.3 Å². The van der Waals surface area contributed by atoms with Crippen molar-refractivity contribution < 1.29 is 27.8 Å². The summed E-state index contributed by atoms with van der Waals surface area (Å²) in [5.74, 6) is -2.54. The summed E-state index contributed by atoms with van der Waals surface area (Å²) in [6.07, 6.45) is 0.0410. The first-order chi connectivity index (χ1) is 11.4. The Morgan fingerprint density at radius 3 is 2.67 bits per heavy atom. The van der Waals surface area contributed by atoms with Crippen molar-refractivity contribution in [2.75, 3.05) is 19.9 Å². The third-order valence-corrected chi connectivity index (χ3v) is 4.15. The van der Waals surface area contributed by atoms with E-state index in [0.29, 0.717) is 11.1 Å². The lowest BCUT2D eigenvalue weighted by atomic mass is 10.1. The maximum atomic E-state index is 13.9. The molecule has 2 aromatic rings. The van der Waals surface area contributed by atoms with Gasteiger partial charge >= 0.3 is 11.9 Å². The molecule has 1 heterocycles. The number of aryl methyl sites for hydroxylation is 1. The molecule has 0 aliphatic rings. The number of carbonyl (C=O) groups excluding carboxylic acids is 2. The van der Waals surface area contributed by atoms with Gasteiger partial charge in [0.25, 0.3) is 0 Å². The fourth-order valence-electron chi connectivity index (χ4n) is 1.92. The summed E-state index contributed by atoms with van der Waals surface area (Å²) in [6, 6.07) is 4.92. The highest BCUT2D eigenvalue weighted by Gasteiger charge is 2.14. The average Bonchev–Trinajstić information content (AvgIpc) is 2.91. The van der Waals surface area contributed by atoms with Crippen LogP contribution in [0, 0.1) is 11.6 Å². The number of carbonyl (C=O) groups is 2. The standard InChI is InChI=1S/C15H15F2N2O4P/c1-19-12(10-4-3-9(16)5-11(10)17)6-13(18-19)24-8-15(21)23-7-14(20)22-2/h3-6,24H,7-8H2,1-2H3. The lowest BCUT2D eigenvalue weighted by Crippen LogP contribution is -2.17. The number of ether oxygens (including phenoxy) is 2. The molecular weight excluding hydrogens is 341 g/mol. The topological polar surface area (TPSA) is 70.4 Å². The first-order valence-electron chi connectivity index (χ1n) is 6.86. The van der Waals surface area contributed by atoms with Gasteiger partial charge in [-0.05, 0) is 18.2 Å². The van der Waals surface area contributed by atoms with Crippen molar-refractivity contribution in [3.05, 3.63) is 35.9 Å². The van der Waals surface area contributed by atoms with Gasteiger partial charge in [0.05, 0.1) is 24.4 Å². The maximum absolute atomic E-state index is 13.9. The van der Waals surface area contributed by atoms with Crippen LogP contribution in [-0.2, 0) is 26.1 Å². The van der Waals surface area contributed by atoms with E-state index >= 15 is 0 Å². The number of benzene rings is 1. The first-order valence-corrected chi connectivity index (χ1v) is 8.07. The Balaban J connectivity index is 2.01. The summed E-state index contributed by atoms with van der Waals surface area (Å²) in [6.45, 7) is -0.436. The van der Waals surface area contributed by atoms with Crippen LogP contribution in [0.15, 0.2) is 24.3 Å². The minimum atomic E-state index is -0.689. The van der Waals surface area contributed by atoms with Crippen LogP contribution in [0.4, 0.5) is 8.78 Å². The van der Waals surface area contributed by atoms with Crippen molar-refractivity contribution in [1.82, 2.24) is 9.78 Å². The van der Waals surface area contributed by atoms with Crippen LogP contribution in [0.2, 0.25) is 0 Å². The normalized spacial score (nSPS) is 11.0. The van der Waals surface area contributed by atoms with Gasteiger partial charge < -0.3 is 9.47 Å². The molecule has 0 saturated carbocycles. The lowest BCUT2D eigenvalue weighted by molar-refractivity contribution is -0.155. The summed E-state index contributed by atoms with van der Waals surface area (Å²) < 4.78 is 37.4. The van der Waals surface area contributed by atoms with Crippen molar-refractivity contribution in [1.29, 1.82) is 0 Å². The Bertz CT molecular complexity index is 764. The summed E-state index contributed by atoms with van der Waals surface area (Å²) in [5.41, 5.74) is 1.26. The summed E-state index contributed by atoms with van der Waals surface area (Å²) >= 11 is 0. The SMILES string of the molecule is COC(=O)COC(=O)CPc1cc(-c2ccc(F)cc2F)n(C)n1. The lowest BCUT2D eigenvalue weighted by Gasteiger charge is -2.03. The van der Waals surface area contributed by atoms with E-state index in [1.54, 1.807) is 13.1 Å². The van der Waals surface area contributed by atoms with Crippen LogP contribution in [0.25, 0.3) is 11.3 Å². The molecule has 0 saturated heterocycles. The molecule has 1 atom stereocenters. The molecule has 1 aromatic heterocycles. The predicted molar refractivity (Wildman–Crippen MR) is 84.4 cm³/mol. The van der Waals surface area contributed by atoms with Crippen LogP contribution in [0.1, 0.15) is 0 Å². The van der Waals surface area contributed by atoms with Crippen LogP contribution in [0.3, 0.4) is 0 Å². The largest absolute Gasteiger partial charge is 0.466 e. The minimum Gasteiger partial charge on any atom is -0.466 e. The Hall–Kier alpha value is -2.34. The molecule has 2 rings (SSSR count). The van der Waals surface area contributed by atoms with E-state index in [0.717, 1.165) is 12.1 Å². The van der Waals surface area contributed by atoms with Crippen molar-refractivity contribution in [2.45, 2.75) is 0 Å². The summed E-state index contributed by atoms with van der Waals surface area (Å²) in [4.78, 5) is 22.4. The van der Waals surface area contributed by atoms with Crippen LogP contribution in [-0.4, -0.2) is 41.6 Å². The Morgan fingerprint density at radius 2 is 2.00 bits per heavy atom. The number of hydrogen-bond donors (Lipinski definition) is 0. The van der Waals surface area contributed by atoms with E-state index in [-0.39, 0.29) is 20.3 Å². The van der Waals surface area contributed by atoms with E-state index < -0.39 is 30.2 Å². The van der Waals surface area contributed by atoms with E-state index in [1.165, 1.54) is 17.9 Å². The number of methoxy groups -OCH3 is 1. The van der Waals surface area contributed by atoms with E-state index in [1.807, 2.05) is 0 Å². The van der Waals surface area contributed by atoms with Gasteiger partial charge in [-0.1, -0.05) is 8.58 Å². The molecule has 0 bridgehead atoms. The van der Waals surface area contributed by atoms with Gasteiger partial charge in [-0.15, -0.1) is 0 Å². The van der Waals surface area contributed by atoms with Gasteiger partial charge in [-0.25, -0.2) is 13.6 Å². The van der Waals surface area contributed by atoms with E-state index in [9.17, 15) is 18.4 Å². The molecule has 0 spiro atoms. The molecule has 0 aliphatic carbocycles. The monoisotopic (exact) mass is 356 g/mol. The van der Waals surface area contributed by atoms with Crippen LogP contribution in [0.5, 0.6) is 0 Å². The number of halogens is 2. The van der Waals surface area contributed by atoms with Gasteiger partial charge in [0.1, 0.15) is 11.6 Å². The Labute approximate surface area is 138 Å². The second kappa shape index (κ2) is 7.97. The molecule has 1 unspecified atom stereocenters. The average molecular weight is 356 g/mol. The van der Waals surface area contributed by atoms with Crippen molar-refractivity contribution in [3.63, 3.8) is 0 Å². The highest BCUT2D eigenvalue weighted by Crippen LogP contribution is 2.24. The van der Waals surface area contributed by atoms with E-state index in [4.69, 9.17) is 4.74 Å². The second-order valence-electron chi connectivity index (χ2n) is 4.75. The zero-order valence-corrected chi connectivity index (χ0v) is 14.0. The highest BCUT2D eigenvalue weighted by molar-refractivity contribution is 7.47. The van der Waals surface area contributed by atoms with Gasteiger partial charge in [0.2, 0.25) is 0 Å². The van der Waals surface area contributed by atoms with Gasteiger partial charge in [0, 0.05) is 18.7 Å². The van der Waals surface area contributed by atoms with E-state index in [2.05, 4.69) is 9.84 Å². The molecule has 0 N–H and O–H groups in total. The zero-order chi connectivity index (χ0) is 17.7. The molecule has 24 heavy (non-hydrogen) atoms. The highest BCUT2D eigenvalue weighted by atomic mass is 31.1. The van der Waals surface area contributed by atoms with Crippen LogP contribution >= 0.6 is 8.58 Å². The van der Waals surface area contributed by atoms with Gasteiger partial charge in [0.15, 0.2) is 6.61 Å². The van der Waals surface area contributed by atoms with Gasteiger partial charge in [-0.3, -0.25) is 9.48 Å². The second-order valence-corrected chi connectivity index (χ2v) is 5.97. The fraction of sp³-hybridized carbons (Fsp3) is 0.267. The minimum absolute atomic E-state index is 0.00968. The third kappa shape index (κ3) is 4.58. The molecule has 0 amide bonds. The molecule has 1 aromatic carbocycles. The number of aromatic nitrogens is 2. The molecule has 128 valence electrons. The fourth-order valence-corrected chi connectivity index (χ4v) is 2.80.